The lowest BCUT2D eigenvalue weighted by Gasteiger charge is -2.37. The Hall–Kier alpha value is -2.50. The molecule has 2 aliphatic rings. The Labute approximate surface area is 154 Å². The Bertz CT molecular complexity index is 789. The smallest absolute Gasteiger partial charge is 0.228 e. The number of nitrogens with one attached hydrogen (secondary N) is 1. The maximum absolute atomic E-state index is 12.6. The fourth-order valence-corrected chi connectivity index (χ4v) is 3.71. The molecule has 1 aliphatic heterocycles. The highest BCUT2D eigenvalue weighted by atomic mass is 16.2. The third-order valence-electron chi connectivity index (χ3n) is 5.52. The average Bonchev–Trinajstić information content (AvgIpc) is 2.63. The molecule has 0 spiro atoms. The van der Waals surface area contributed by atoms with Gasteiger partial charge in [0.15, 0.2) is 0 Å². The van der Waals surface area contributed by atoms with E-state index in [1.807, 2.05) is 25.1 Å². The van der Waals surface area contributed by atoms with E-state index in [9.17, 15) is 4.79 Å². The van der Waals surface area contributed by atoms with Gasteiger partial charge in [0.25, 0.3) is 0 Å². The molecule has 1 aliphatic carbocycles. The zero-order valence-corrected chi connectivity index (χ0v) is 15.2. The van der Waals surface area contributed by atoms with E-state index in [0.717, 1.165) is 55.8 Å². The van der Waals surface area contributed by atoms with Crippen LogP contribution in [0.4, 0.5) is 11.8 Å². The molecule has 6 heteroatoms. The van der Waals surface area contributed by atoms with Crippen LogP contribution in [0.3, 0.4) is 0 Å². The Kier molecular flexibility index (Phi) is 4.82. The first kappa shape index (κ1) is 16.9. The van der Waals surface area contributed by atoms with Gasteiger partial charge in [-0.05, 0) is 50.3 Å². The predicted octanol–water partition coefficient (Wildman–Crippen LogP) is 3.43. The van der Waals surface area contributed by atoms with Crippen LogP contribution < -0.4 is 5.32 Å². The topological polar surface area (TPSA) is 71.0 Å². The van der Waals surface area contributed by atoms with Gasteiger partial charge in [-0.1, -0.05) is 12.5 Å². The average molecular weight is 351 g/mol. The minimum absolute atomic E-state index is 0.267. The van der Waals surface area contributed by atoms with Crippen LogP contribution in [0.15, 0.2) is 30.6 Å². The van der Waals surface area contributed by atoms with Crippen molar-refractivity contribution in [3.8, 4) is 0 Å². The van der Waals surface area contributed by atoms with Gasteiger partial charge in [-0.3, -0.25) is 4.79 Å². The number of nitrogens with zero attached hydrogens (tertiary/aromatic N) is 4. The molecule has 0 radical (unpaired) electrons. The zero-order valence-electron chi connectivity index (χ0n) is 15.2. The van der Waals surface area contributed by atoms with Crippen LogP contribution in [0.2, 0.25) is 0 Å². The minimum atomic E-state index is 0.267. The fourth-order valence-electron chi connectivity index (χ4n) is 3.71. The van der Waals surface area contributed by atoms with E-state index in [1.54, 1.807) is 12.4 Å². The molecule has 0 aromatic carbocycles. The number of rotatable bonds is 4. The molecule has 2 aromatic rings. The Balaban J connectivity index is 1.47. The van der Waals surface area contributed by atoms with Crippen LogP contribution >= 0.6 is 0 Å². The van der Waals surface area contributed by atoms with Crippen molar-refractivity contribution in [2.45, 2.75) is 44.9 Å². The number of likely N-dealkylation sites (tertiary alicyclic amines) is 1. The summed E-state index contributed by atoms with van der Waals surface area (Å²) in [5, 5.41) is 3.21. The van der Waals surface area contributed by atoms with Crippen molar-refractivity contribution in [3.63, 3.8) is 0 Å². The number of carbonyl (C=O) groups excluding carboxylic acids is 1. The maximum Gasteiger partial charge on any atom is 0.228 e. The monoisotopic (exact) mass is 351 g/mol. The van der Waals surface area contributed by atoms with E-state index in [0.29, 0.717) is 11.9 Å². The fraction of sp³-hybridized carbons (Fsp3) is 0.500. The van der Waals surface area contributed by atoms with Crippen molar-refractivity contribution in [1.82, 2.24) is 19.9 Å². The van der Waals surface area contributed by atoms with Crippen molar-refractivity contribution >= 4 is 17.7 Å². The van der Waals surface area contributed by atoms with Crippen LogP contribution in [-0.4, -0.2) is 38.8 Å². The number of amides is 1. The van der Waals surface area contributed by atoms with Crippen LogP contribution in [0, 0.1) is 12.8 Å². The molecular formula is C20H25N5O. The second kappa shape index (κ2) is 7.40. The second-order valence-corrected chi connectivity index (χ2v) is 7.35. The summed E-state index contributed by atoms with van der Waals surface area (Å²) in [7, 11) is 0. The Morgan fingerprint density at radius 3 is 2.81 bits per heavy atom. The van der Waals surface area contributed by atoms with Crippen LogP contribution in [0.5, 0.6) is 0 Å². The van der Waals surface area contributed by atoms with E-state index < -0.39 is 0 Å². The van der Waals surface area contributed by atoms with Gasteiger partial charge in [-0.2, -0.15) is 0 Å². The van der Waals surface area contributed by atoms with E-state index in [-0.39, 0.29) is 11.8 Å². The SMILES string of the molecule is Cc1cccnc1Nc1nccc([C@H]2CCCN(C(=O)C3CCC3)C2)n1. The summed E-state index contributed by atoms with van der Waals surface area (Å²) in [5.74, 6) is 2.23. The summed E-state index contributed by atoms with van der Waals surface area (Å²) in [6.07, 6.45) is 8.96. The van der Waals surface area contributed by atoms with Gasteiger partial charge in [0.2, 0.25) is 11.9 Å². The van der Waals surface area contributed by atoms with Gasteiger partial charge in [0, 0.05) is 37.3 Å². The molecule has 6 nitrogen and oxygen atoms in total. The molecule has 26 heavy (non-hydrogen) atoms. The quantitative estimate of drug-likeness (QED) is 0.914. The molecule has 1 saturated carbocycles. The van der Waals surface area contributed by atoms with Gasteiger partial charge in [-0.15, -0.1) is 0 Å². The third-order valence-corrected chi connectivity index (χ3v) is 5.52. The van der Waals surface area contributed by atoms with Crippen molar-refractivity contribution in [2.24, 2.45) is 5.92 Å². The lowest BCUT2D eigenvalue weighted by Crippen LogP contribution is -2.44. The first-order valence-corrected chi connectivity index (χ1v) is 9.51. The number of hydrogen-bond donors (Lipinski definition) is 1. The number of carbonyl (C=O) groups is 1. The van der Waals surface area contributed by atoms with Gasteiger partial charge in [0.1, 0.15) is 5.82 Å². The summed E-state index contributed by atoms with van der Waals surface area (Å²) < 4.78 is 0. The standard InChI is InChI=1S/C20H25N5O/c1-14-5-3-10-21-18(14)24-20-22-11-9-17(23-20)16-8-4-12-25(13-16)19(26)15-6-2-7-15/h3,5,9-11,15-16H,2,4,6-8,12-13H2,1H3,(H,21,22,23,24)/t16-/m0/s1. The molecule has 1 N–H and O–H groups in total. The summed E-state index contributed by atoms with van der Waals surface area (Å²) >= 11 is 0. The predicted molar refractivity (Wildman–Crippen MR) is 100 cm³/mol. The first-order valence-electron chi connectivity index (χ1n) is 9.51. The molecule has 0 bridgehead atoms. The normalized spacial score (nSPS) is 20.5. The van der Waals surface area contributed by atoms with E-state index >= 15 is 0 Å². The Morgan fingerprint density at radius 1 is 1.15 bits per heavy atom. The zero-order chi connectivity index (χ0) is 17.9. The number of hydrogen-bond acceptors (Lipinski definition) is 5. The maximum atomic E-state index is 12.6. The molecule has 3 heterocycles. The van der Waals surface area contributed by atoms with Gasteiger partial charge in [-0.25, -0.2) is 15.0 Å². The van der Waals surface area contributed by atoms with Crippen molar-refractivity contribution in [1.29, 1.82) is 0 Å². The number of piperidine rings is 1. The lowest BCUT2D eigenvalue weighted by molar-refractivity contribution is -0.139. The molecular weight excluding hydrogens is 326 g/mol. The second-order valence-electron chi connectivity index (χ2n) is 7.35. The molecule has 1 saturated heterocycles. The highest BCUT2D eigenvalue weighted by molar-refractivity contribution is 5.79. The lowest BCUT2D eigenvalue weighted by atomic mass is 9.83. The van der Waals surface area contributed by atoms with E-state index in [2.05, 4.69) is 20.2 Å². The highest BCUT2D eigenvalue weighted by Crippen LogP contribution is 2.32. The first-order chi connectivity index (χ1) is 12.7. The molecule has 2 fully saturated rings. The van der Waals surface area contributed by atoms with E-state index in [4.69, 9.17) is 4.98 Å². The van der Waals surface area contributed by atoms with Gasteiger partial charge in [0.05, 0.1) is 5.69 Å². The molecule has 1 atom stereocenters. The van der Waals surface area contributed by atoms with Gasteiger partial charge >= 0.3 is 0 Å². The number of aryl methyl sites for hydroxylation is 1. The highest BCUT2D eigenvalue weighted by Gasteiger charge is 2.32. The molecule has 136 valence electrons. The number of anilines is 2. The van der Waals surface area contributed by atoms with Crippen molar-refractivity contribution in [2.75, 3.05) is 18.4 Å². The summed E-state index contributed by atoms with van der Waals surface area (Å²) in [5.41, 5.74) is 2.05. The van der Waals surface area contributed by atoms with Gasteiger partial charge < -0.3 is 10.2 Å². The van der Waals surface area contributed by atoms with Crippen LogP contribution in [0.1, 0.15) is 49.3 Å². The Morgan fingerprint density at radius 2 is 2.04 bits per heavy atom. The van der Waals surface area contributed by atoms with Crippen molar-refractivity contribution < 1.29 is 4.79 Å². The molecule has 0 unspecified atom stereocenters. The number of pyridine rings is 1. The summed E-state index contributed by atoms with van der Waals surface area (Å²) in [6.45, 7) is 3.66. The molecule has 2 aromatic heterocycles. The van der Waals surface area contributed by atoms with Crippen molar-refractivity contribution in [3.05, 3.63) is 41.9 Å². The summed E-state index contributed by atoms with van der Waals surface area (Å²) in [6, 6.07) is 5.89. The molecule has 4 rings (SSSR count). The third kappa shape index (κ3) is 3.54. The largest absolute Gasteiger partial charge is 0.342 e. The summed E-state index contributed by atoms with van der Waals surface area (Å²) in [4.78, 5) is 28.0. The van der Waals surface area contributed by atoms with E-state index in [1.165, 1.54) is 6.42 Å². The van der Waals surface area contributed by atoms with Crippen LogP contribution in [-0.2, 0) is 4.79 Å². The molecule has 1 amide bonds. The minimum Gasteiger partial charge on any atom is -0.342 e. The van der Waals surface area contributed by atoms with Crippen LogP contribution in [0.25, 0.3) is 0 Å². The number of aromatic nitrogens is 3.